The van der Waals surface area contributed by atoms with Crippen molar-refractivity contribution >= 4 is 35.1 Å². The Kier molecular flexibility index (Phi) is 8.64. The predicted molar refractivity (Wildman–Crippen MR) is 163 cm³/mol. The first-order valence-corrected chi connectivity index (χ1v) is 15.7. The fourth-order valence-corrected chi connectivity index (χ4v) is 6.31. The Morgan fingerprint density at radius 1 is 1.15 bits per heavy atom. The van der Waals surface area contributed by atoms with Crippen molar-refractivity contribution in [1.82, 2.24) is 35.7 Å². The maximum atomic E-state index is 13.7. The molecule has 0 spiro atoms. The van der Waals surface area contributed by atoms with E-state index in [0.717, 1.165) is 19.0 Å². The molecule has 4 amide bonds. The van der Waals surface area contributed by atoms with E-state index < -0.39 is 59.5 Å². The van der Waals surface area contributed by atoms with Crippen molar-refractivity contribution in [3.8, 4) is 0 Å². The lowest BCUT2D eigenvalue weighted by Crippen LogP contribution is -2.58. The molecule has 1 saturated heterocycles. The number of hydrogen-bond donors (Lipinski definition) is 6. The van der Waals surface area contributed by atoms with Gasteiger partial charge in [-0.15, -0.1) is 0 Å². The number of aromatic amines is 2. The van der Waals surface area contributed by atoms with Gasteiger partial charge in [-0.2, -0.15) is 18.3 Å². The summed E-state index contributed by atoms with van der Waals surface area (Å²) in [7, 11) is 0. The van der Waals surface area contributed by atoms with E-state index in [-0.39, 0.29) is 51.6 Å². The molecular weight excluding hydrogens is 665 g/mol. The van der Waals surface area contributed by atoms with Gasteiger partial charge in [-0.1, -0.05) is 11.6 Å². The number of halogens is 6. The molecule has 0 radical (unpaired) electrons. The minimum absolute atomic E-state index is 0.0496. The fraction of sp³-hybridized carbons (Fsp3) is 0.500. The summed E-state index contributed by atoms with van der Waals surface area (Å²) in [6.07, 6.45) is -2.22. The summed E-state index contributed by atoms with van der Waals surface area (Å²) in [5.41, 5.74) is 3.60. The number of aromatic nitrogens is 4. The lowest BCUT2D eigenvalue weighted by atomic mass is 9.87. The second-order valence-corrected chi connectivity index (χ2v) is 13.3. The van der Waals surface area contributed by atoms with E-state index in [1.807, 2.05) is 6.92 Å². The van der Waals surface area contributed by atoms with Crippen molar-refractivity contribution in [2.24, 2.45) is 5.73 Å². The van der Waals surface area contributed by atoms with Gasteiger partial charge in [-0.05, 0) is 50.8 Å². The number of alkyl halides is 5. The summed E-state index contributed by atoms with van der Waals surface area (Å²) in [5, 5.41) is 13.9. The minimum Gasteiger partial charge on any atom is -0.347 e. The Morgan fingerprint density at radius 2 is 1.83 bits per heavy atom. The lowest BCUT2D eigenvalue weighted by Gasteiger charge is -2.41. The number of benzene rings is 1. The van der Waals surface area contributed by atoms with Gasteiger partial charge in [-0.3, -0.25) is 14.7 Å². The van der Waals surface area contributed by atoms with Crippen molar-refractivity contribution in [3.63, 3.8) is 0 Å². The number of carbonyl (C=O) groups is 3. The van der Waals surface area contributed by atoms with E-state index in [1.165, 1.54) is 18.2 Å². The smallest absolute Gasteiger partial charge is 0.347 e. The van der Waals surface area contributed by atoms with E-state index in [2.05, 4.69) is 36.1 Å². The summed E-state index contributed by atoms with van der Waals surface area (Å²) >= 11 is 6.40. The molecular formula is C30H33ClF5N9O3. The molecule has 12 nitrogen and oxygen atoms in total. The van der Waals surface area contributed by atoms with Crippen LogP contribution < -0.4 is 21.7 Å². The van der Waals surface area contributed by atoms with E-state index in [4.69, 9.17) is 17.3 Å². The van der Waals surface area contributed by atoms with Crippen molar-refractivity contribution in [3.05, 3.63) is 63.5 Å². The number of piperidine rings is 1. The normalized spacial score (nSPS) is 22.8. The van der Waals surface area contributed by atoms with Crippen LogP contribution in [0.25, 0.3) is 0 Å². The SMILES string of the molecule is CC1(NC(=O)c2ccc(NC(=O)c3ncc(Cc4c(C(F)(F)F)n[nH]c4[C@@H]4CC4(F)F)[nH]3)cc2Cl)CCN(C(=O)NC2CC(N)C2)CC1. The van der Waals surface area contributed by atoms with Gasteiger partial charge in [0.1, 0.15) is 0 Å². The Balaban J connectivity index is 1.04. The molecule has 2 aliphatic carbocycles. The van der Waals surface area contributed by atoms with Crippen LogP contribution in [-0.4, -0.2) is 79.5 Å². The third-order valence-corrected chi connectivity index (χ3v) is 9.41. The maximum absolute atomic E-state index is 13.7. The molecule has 2 aromatic heterocycles. The fourth-order valence-electron chi connectivity index (χ4n) is 6.04. The van der Waals surface area contributed by atoms with Gasteiger partial charge in [0.05, 0.1) is 16.5 Å². The molecule has 1 atom stereocenters. The van der Waals surface area contributed by atoms with Crippen molar-refractivity contribution in [2.45, 2.75) is 81.1 Å². The number of urea groups is 1. The van der Waals surface area contributed by atoms with Crippen molar-refractivity contribution < 1.29 is 36.3 Å². The van der Waals surface area contributed by atoms with Crippen LogP contribution in [0.2, 0.25) is 5.02 Å². The van der Waals surface area contributed by atoms with Crippen LogP contribution in [0.15, 0.2) is 24.4 Å². The maximum Gasteiger partial charge on any atom is 0.435 e. The first-order chi connectivity index (χ1) is 22.5. The largest absolute Gasteiger partial charge is 0.435 e. The Morgan fingerprint density at radius 3 is 2.44 bits per heavy atom. The summed E-state index contributed by atoms with van der Waals surface area (Å²) < 4.78 is 68.0. The number of H-pyrrole nitrogens is 2. The highest BCUT2D eigenvalue weighted by atomic mass is 35.5. The van der Waals surface area contributed by atoms with Crippen molar-refractivity contribution in [2.75, 3.05) is 18.4 Å². The minimum atomic E-state index is -4.88. The molecule has 2 saturated carbocycles. The summed E-state index contributed by atoms with van der Waals surface area (Å²) in [6, 6.07) is 4.32. The molecule has 0 unspecified atom stereocenters. The Labute approximate surface area is 275 Å². The monoisotopic (exact) mass is 697 g/mol. The van der Waals surface area contributed by atoms with Crippen LogP contribution in [0, 0.1) is 0 Å². The van der Waals surface area contributed by atoms with Crippen LogP contribution in [-0.2, 0) is 12.6 Å². The average molecular weight is 698 g/mol. The third-order valence-electron chi connectivity index (χ3n) is 9.10. The molecule has 258 valence electrons. The molecule has 18 heteroatoms. The van der Waals surface area contributed by atoms with Crippen LogP contribution in [0.3, 0.4) is 0 Å². The number of carbonyl (C=O) groups excluding carboxylic acids is 3. The van der Waals surface area contributed by atoms with Gasteiger partial charge >= 0.3 is 12.2 Å². The van der Waals surface area contributed by atoms with Gasteiger partial charge < -0.3 is 31.6 Å². The second-order valence-electron chi connectivity index (χ2n) is 12.9. The van der Waals surface area contributed by atoms with Crippen LogP contribution >= 0.6 is 11.6 Å². The zero-order valence-corrected chi connectivity index (χ0v) is 26.4. The third kappa shape index (κ3) is 7.11. The molecule has 7 N–H and O–H groups in total. The zero-order chi connectivity index (χ0) is 34.6. The number of nitrogens with zero attached hydrogens (tertiary/aromatic N) is 3. The number of hydrogen-bond acceptors (Lipinski definition) is 6. The Hall–Kier alpha value is -4.25. The van der Waals surface area contributed by atoms with Gasteiger partial charge in [0.25, 0.3) is 17.7 Å². The molecule has 6 rings (SSSR count). The van der Waals surface area contributed by atoms with E-state index in [1.54, 1.807) is 4.90 Å². The van der Waals surface area contributed by atoms with Gasteiger partial charge in [-0.25, -0.2) is 18.6 Å². The number of imidazole rings is 1. The highest BCUT2D eigenvalue weighted by molar-refractivity contribution is 6.34. The molecule has 1 aliphatic heterocycles. The second kappa shape index (κ2) is 12.3. The standard InChI is InChI=1S/C30H33ClF5N9O3/c1-28(4-6-45(7-5-28)27(48)41-16-8-14(37)9-16)42-25(46)18-3-2-15(11-21(18)31)40-26(47)24-38-13-17(39-24)10-19-22(20-12-29(20,32)33)43-44-23(19)30(34,35)36/h2-3,11,13-14,16,20H,4-10,12,37H2,1H3,(H,38,39)(H,40,47)(H,41,48)(H,42,46)(H,43,44)/t14?,16?,20-/m0/s1. The highest BCUT2D eigenvalue weighted by Gasteiger charge is 2.60. The first-order valence-electron chi connectivity index (χ1n) is 15.3. The number of likely N-dealkylation sites (tertiary alicyclic amines) is 1. The van der Waals surface area contributed by atoms with Gasteiger partial charge in [0, 0.05) is 72.4 Å². The summed E-state index contributed by atoms with van der Waals surface area (Å²) in [4.78, 5) is 46.8. The molecule has 3 aliphatic rings. The predicted octanol–water partition coefficient (Wildman–Crippen LogP) is 4.55. The number of nitrogens with one attached hydrogen (secondary N) is 5. The van der Waals surface area contributed by atoms with Crippen LogP contribution in [0.1, 0.15) is 88.6 Å². The molecule has 3 heterocycles. The van der Waals surface area contributed by atoms with Gasteiger partial charge in [0.2, 0.25) is 0 Å². The molecule has 3 fully saturated rings. The molecule has 48 heavy (non-hydrogen) atoms. The average Bonchev–Trinajstić information content (AvgIpc) is 3.30. The van der Waals surface area contributed by atoms with E-state index in [9.17, 15) is 36.3 Å². The highest BCUT2D eigenvalue weighted by Crippen LogP contribution is 2.56. The molecule has 3 aromatic rings. The number of nitrogens with two attached hydrogens (primary N) is 1. The topological polar surface area (TPSA) is 174 Å². The van der Waals surface area contributed by atoms with Gasteiger partial charge in [0.15, 0.2) is 11.5 Å². The number of rotatable bonds is 8. The zero-order valence-electron chi connectivity index (χ0n) is 25.6. The quantitative estimate of drug-likeness (QED) is 0.188. The molecule has 1 aromatic carbocycles. The number of anilines is 1. The van der Waals surface area contributed by atoms with E-state index in [0.29, 0.717) is 25.9 Å². The van der Waals surface area contributed by atoms with Crippen LogP contribution in [0.4, 0.5) is 32.4 Å². The molecule has 0 bridgehead atoms. The van der Waals surface area contributed by atoms with Crippen molar-refractivity contribution in [1.29, 1.82) is 0 Å². The summed E-state index contributed by atoms with van der Waals surface area (Å²) in [5.74, 6) is -5.96. The van der Waals surface area contributed by atoms with E-state index >= 15 is 0 Å². The Bertz CT molecular complexity index is 1730. The number of amides is 4. The summed E-state index contributed by atoms with van der Waals surface area (Å²) in [6.45, 7) is 2.80. The van der Waals surface area contributed by atoms with Crippen LogP contribution in [0.5, 0.6) is 0 Å². The first kappa shape index (κ1) is 33.6. The lowest BCUT2D eigenvalue weighted by molar-refractivity contribution is -0.141.